The lowest BCUT2D eigenvalue weighted by molar-refractivity contribution is 0.103. The van der Waals surface area contributed by atoms with E-state index in [1.807, 2.05) is 12.1 Å². The molecular formula is C14H18BrClN2O. The van der Waals surface area contributed by atoms with Crippen molar-refractivity contribution in [1.82, 2.24) is 9.55 Å². The van der Waals surface area contributed by atoms with E-state index in [0.717, 1.165) is 34.5 Å². The summed E-state index contributed by atoms with van der Waals surface area (Å²) >= 11 is 9.46. The van der Waals surface area contributed by atoms with Crippen molar-refractivity contribution in [3.05, 3.63) is 28.5 Å². The normalized spacial score (nSPS) is 11.6. The monoisotopic (exact) mass is 344 g/mol. The summed E-state index contributed by atoms with van der Waals surface area (Å²) < 4.78 is 8.82. The Morgan fingerprint density at radius 3 is 2.89 bits per heavy atom. The largest absolute Gasteiger partial charge is 0.379 e. The van der Waals surface area contributed by atoms with Gasteiger partial charge in [0.05, 0.1) is 23.5 Å². The van der Waals surface area contributed by atoms with Crippen molar-refractivity contribution in [2.24, 2.45) is 5.92 Å². The van der Waals surface area contributed by atoms with E-state index in [0.29, 0.717) is 18.4 Å². The fraction of sp³-hybridized carbons (Fsp3) is 0.500. The lowest BCUT2D eigenvalue weighted by Crippen LogP contribution is -2.11. The first kappa shape index (κ1) is 14.8. The molecule has 104 valence electrons. The molecular weight excluding hydrogens is 328 g/mol. The zero-order valence-electron chi connectivity index (χ0n) is 11.2. The van der Waals surface area contributed by atoms with Crippen molar-refractivity contribution in [3.63, 3.8) is 0 Å². The van der Waals surface area contributed by atoms with Gasteiger partial charge in [0, 0.05) is 17.6 Å². The molecule has 0 aliphatic carbocycles. The molecule has 1 aromatic carbocycles. The minimum atomic E-state index is 0.413. The summed E-state index contributed by atoms with van der Waals surface area (Å²) in [5, 5.41) is 0. The van der Waals surface area contributed by atoms with Gasteiger partial charge in [-0.25, -0.2) is 4.98 Å². The molecule has 0 fully saturated rings. The molecule has 0 saturated heterocycles. The van der Waals surface area contributed by atoms with Gasteiger partial charge in [0.2, 0.25) is 0 Å². The van der Waals surface area contributed by atoms with E-state index in [2.05, 4.69) is 45.4 Å². The summed E-state index contributed by atoms with van der Waals surface area (Å²) in [7, 11) is 0. The highest BCUT2D eigenvalue weighted by atomic mass is 79.9. The van der Waals surface area contributed by atoms with Crippen LogP contribution in [0.15, 0.2) is 22.7 Å². The van der Waals surface area contributed by atoms with Crippen LogP contribution in [0.25, 0.3) is 11.0 Å². The molecule has 0 bridgehead atoms. The van der Waals surface area contributed by atoms with Crippen molar-refractivity contribution < 1.29 is 4.74 Å². The molecule has 1 aromatic heterocycles. The van der Waals surface area contributed by atoms with Gasteiger partial charge in [-0.3, -0.25) is 0 Å². The Morgan fingerprint density at radius 1 is 1.42 bits per heavy atom. The Morgan fingerprint density at radius 2 is 2.21 bits per heavy atom. The van der Waals surface area contributed by atoms with E-state index < -0.39 is 0 Å². The van der Waals surface area contributed by atoms with Crippen LogP contribution in [0.2, 0.25) is 0 Å². The number of hydrogen-bond donors (Lipinski definition) is 0. The van der Waals surface area contributed by atoms with Crippen LogP contribution in [0.1, 0.15) is 19.7 Å². The lowest BCUT2D eigenvalue weighted by Gasteiger charge is -2.10. The molecule has 0 saturated carbocycles. The Bertz CT molecular complexity index is 554. The van der Waals surface area contributed by atoms with Gasteiger partial charge in [0.15, 0.2) is 0 Å². The maximum Gasteiger partial charge on any atom is 0.124 e. The molecule has 0 atom stereocenters. The number of fused-ring (bicyclic) bond motifs is 1. The van der Waals surface area contributed by atoms with E-state index in [1.165, 1.54) is 0 Å². The predicted molar refractivity (Wildman–Crippen MR) is 82.6 cm³/mol. The number of hydrogen-bond acceptors (Lipinski definition) is 2. The van der Waals surface area contributed by atoms with Crippen LogP contribution < -0.4 is 0 Å². The fourth-order valence-corrected chi connectivity index (χ4v) is 2.53. The standard InChI is InChI=1S/C14H18BrClN2O/c1-10(2)9-19-6-5-18-13-7-11(15)3-4-12(13)17-14(18)8-16/h3-4,7,10H,5-6,8-9H2,1-2H3. The second-order valence-electron chi connectivity index (χ2n) is 4.92. The smallest absolute Gasteiger partial charge is 0.124 e. The first-order valence-corrected chi connectivity index (χ1v) is 7.73. The highest BCUT2D eigenvalue weighted by Gasteiger charge is 2.10. The van der Waals surface area contributed by atoms with Gasteiger partial charge in [-0.05, 0) is 24.1 Å². The summed E-state index contributed by atoms with van der Waals surface area (Å²) in [6.45, 7) is 6.54. The maximum atomic E-state index is 5.97. The molecule has 2 aromatic rings. The summed E-state index contributed by atoms with van der Waals surface area (Å²) in [6, 6.07) is 6.06. The van der Waals surface area contributed by atoms with Gasteiger partial charge in [0.1, 0.15) is 5.82 Å². The number of imidazole rings is 1. The van der Waals surface area contributed by atoms with Crippen LogP contribution in [0.4, 0.5) is 0 Å². The fourth-order valence-electron chi connectivity index (χ4n) is 1.97. The molecule has 1 heterocycles. The zero-order chi connectivity index (χ0) is 13.8. The van der Waals surface area contributed by atoms with Crippen LogP contribution in [0.5, 0.6) is 0 Å². The van der Waals surface area contributed by atoms with Crippen LogP contribution >= 0.6 is 27.5 Å². The summed E-state index contributed by atoms with van der Waals surface area (Å²) in [5.74, 6) is 1.86. The zero-order valence-corrected chi connectivity index (χ0v) is 13.5. The highest BCUT2D eigenvalue weighted by Crippen LogP contribution is 2.22. The number of nitrogens with zero attached hydrogens (tertiary/aromatic N) is 2. The van der Waals surface area contributed by atoms with E-state index in [1.54, 1.807) is 0 Å². The van der Waals surface area contributed by atoms with Crippen LogP contribution in [-0.4, -0.2) is 22.8 Å². The lowest BCUT2D eigenvalue weighted by atomic mass is 10.2. The molecule has 0 spiro atoms. The van der Waals surface area contributed by atoms with Crippen molar-refractivity contribution in [1.29, 1.82) is 0 Å². The van der Waals surface area contributed by atoms with E-state index >= 15 is 0 Å². The summed E-state index contributed by atoms with van der Waals surface area (Å²) in [4.78, 5) is 4.54. The SMILES string of the molecule is CC(C)COCCn1c(CCl)nc2ccc(Br)cc21. The topological polar surface area (TPSA) is 27.1 Å². The second kappa shape index (κ2) is 6.73. The maximum absolute atomic E-state index is 5.97. The van der Waals surface area contributed by atoms with Gasteiger partial charge in [-0.1, -0.05) is 29.8 Å². The summed E-state index contributed by atoms with van der Waals surface area (Å²) in [5.41, 5.74) is 2.07. The molecule has 5 heteroatoms. The van der Waals surface area contributed by atoms with Gasteiger partial charge in [0.25, 0.3) is 0 Å². The van der Waals surface area contributed by atoms with Crippen LogP contribution in [0, 0.1) is 5.92 Å². The predicted octanol–water partition coefficient (Wildman–Crippen LogP) is 4.21. The third-order valence-electron chi connectivity index (χ3n) is 2.82. The Balaban J connectivity index is 2.17. The number of benzene rings is 1. The van der Waals surface area contributed by atoms with Gasteiger partial charge < -0.3 is 9.30 Å². The Kier molecular flexibility index (Phi) is 5.25. The average Bonchev–Trinajstić information content (AvgIpc) is 2.72. The first-order chi connectivity index (χ1) is 9.11. The number of alkyl halides is 1. The summed E-state index contributed by atoms with van der Waals surface area (Å²) in [6.07, 6.45) is 0. The minimum absolute atomic E-state index is 0.413. The second-order valence-corrected chi connectivity index (χ2v) is 6.10. The number of halogens is 2. The molecule has 0 aliphatic rings. The van der Waals surface area contributed by atoms with Gasteiger partial charge >= 0.3 is 0 Å². The molecule has 0 unspecified atom stereocenters. The number of aromatic nitrogens is 2. The Hall–Kier alpha value is -0.580. The van der Waals surface area contributed by atoms with Gasteiger partial charge in [-0.2, -0.15) is 0 Å². The molecule has 0 aliphatic heterocycles. The van der Waals surface area contributed by atoms with Crippen LogP contribution in [-0.2, 0) is 17.2 Å². The van der Waals surface area contributed by atoms with Crippen molar-refractivity contribution >= 4 is 38.6 Å². The molecule has 0 amide bonds. The molecule has 0 N–H and O–H groups in total. The van der Waals surface area contributed by atoms with E-state index in [4.69, 9.17) is 16.3 Å². The van der Waals surface area contributed by atoms with E-state index in [9.17, 15) is 0 Å². The first-order valence-electron chi connectivity index (χ1n) is 6.40. The van der Waals surface area contributed by atoms with Crippen LogP contribution in [0.3, 0.4) is 0 Å². The Labute approximate surface area is 127 Å². The van der Waals surface area contributed by atoms with Crippen molar-refractivity contribution in [2.75, 3.05) is 13.2 Å². The molecule has 3 nitrogen and oxygen atoms in total. The third-order valence-corrected chi connectivity index (χ3v) is 3.55. The molecule has 2 rings (SSSR count). The third kappa shape index (κ3) is 3.71. The van der Waals surface area contributed by atoms with Crippen molar-refractivity contribution in [3.8, 4) is 0 Å². The molecule has 0 radical (unpaired) electrons. The minimum Gasteiger partial charge on any atom is -0.379 e. The van der Waals surface area contributed by atoms with E-state index in [-0.39, 0.29) is 0 Å². The van der Waals surface area contributed by atoms with Gasteiger partial charge in [-0.15, -0.1) is 11.6 Å². The quantitative estimate of drug-likeness (QED) is 0.579. The number of rotatable bonds is 6. The van der Waals surface area contributed by atoms with Crippen molar-refractivity contribution in [2.45, 2.75) is 26.3 Å². The molecule has 19 heavy (non-hydrogen) atoms. The highest BCUT2D eigenvalue weighted by molar-refractivity contribution is 9.10. The number of ether oxygens (including phenoxy) is 1. The average molecular weight is 346 g/mol.